The first-order chi connectivity index (χ1) is 8.22. The van der Waals surface area contributed by atoms with Crippen LogP contribution in [-0.4, -0.2) is 30.6 Å². The Labute approximate surface area is 101 Å². The van der Waals surface area contributed by atoms with E-state index in [1.54, 1.807) is 6.20 Å². The molecule has 1 aromatic rings. The van der Waals surface area contributed by atoms with Gasteiger partial charge in [-0.15, -0.1) is 0 Å². The van der Waals surface area contributed by atoms with Crippen molar-refractivity contribution in [3.63, 3.8) is 0 Å². The summed E-state index contributed by atoms with van der Waals surface area (Å²) in [5.41, 5.74) is 7.43. The van der Waals surface area contributed by atoms with Crippen LogP contribution in [0.2, 0.25) is 0 Å². The molecule has 0 aromatic carbocycles. The highest BCUT2D eigenvalue weighted by atomic mass is 16.5. The van der Waals surface area contributed by atoms with E-state index in [1.807, 2.05) is 12.1 Å². The first-order valence-electron chi connectivity index (χ1n) is 5.66. The second-order valence-corrected chi connectivity index (χ2v) is 3.64. The second kappa shape index (κ2) is 6.98. The third-order valence-electron chi connectivity index (χ3n) is 2.59. The molecule has 1 heterocycles. The first kappa shape index (κ1) is 13.6. The molecule has 5 nitrogen and oxygen atoms in total. The molecule has 1 aromatic heterocycles. The van der Waals surface area contributed by atoms with Crippen molar-refractivity contribution in [3.05, 3.63) is 29.6 Å². The molecule has 94 valence electrons. The molecule has 0 radical (unpaired) electrons. The number of amides is 1. The van der Waals surface area contributed by atoms with E-state index in [0.717, 1.165) is 17.7 Å². The summed E-state index contributed by atoms with van der Waals surface area (Å²) < 4.78 is 4.95. The zero-order valence-corrected chi connectivity index (χ0v) is 10.3. The van der Waals surface area contributed by atoms with Gasteiger partial charge in [-0.25, -0.2) is 0 Å². The quantitative estimate of drug-likeness (QED) is 0.742. The number of hydrogen-bond donors (Lipinski definition) is 2. The van der Waals surface area contributed by atoms with Gasteiger partial charge in [-0.1, -0.05) is 13.0 Å². The van der Waals surface area contributed by atoms with Gasteiger partial charge in [-0.05, 0) is 18.1 Å². The maximum atomic E-state index is 11.6. The van der Waals surface area contributed by atoms with E-state index in [1.165, 1.54) is 7.11 Å². The highest BCUT2D eigenvalue weighted by molar-refractivity contribution is 5.80. The van der Waals surface area contributed by atoms with Gasteiger partial charge < -0.3 is 15.8 Å². The Morgan fingerprint density at radius 1 is 1.65 bits per heavy atom. The van der Waals surface area contributed by atoms with Crippen LogP contribution in [0.5, 0.6) is 0 Å². The SMILES string of the molecule is CCc1cccnc1CNC(=O)C(CN)OC. The maximum absolute atomic E-state index is 11.6. The number of nitrogens with two attached hydrogens (primary N) is 1. The summed E-state index contributed by atoms with van der Waals surface area (Å²) in [4.78, 5) is 15.9. The van der Waals surface area contributed by atoms with Crippen LogP contribution in [0, 0.1) is 0 Å². The van der Waals surface area contributed by atoms with Crippen LogP contribution in [0.3, 0.4) is 0 Å². The minimum atomic E-state index is -0.594. The summed E-state index contributed by atoms with van der Waals surface area (Å²) in [6, 6.07) is 3.90. The maximum Gasteiger partial charge on any atom is 0.250 e. The predicted molar refractivity (Wildman–Crippen MR) is 65.3 cm³/mol. The number of nitrogens with one attached hydrogen (secondary N) is 1. The fourth-order valence-electron chi connectivity index (χ4n) is 1.55. The van der Waals surface area contributed by atoms with Crippen LogP contribution < -0.4 is 11.1 Å². The number of aryl methyl sites for hydroxylation is 1. The molecule has 0 fully saturated rings. The van der Waals surface area contributed by atoms with E-state index in [-0.39, 0.29) is 12.5 Å². The lowest BCUT2D eigenvalue weighted by atomic mass is 10.1. The van der Waals surface area contributed by atoms with Crippen LogP contribution in [0.15, 0.2) is 18.3 Å². The van der Waals surface area contributed by atoms with Crippen LogP contribution in [0.25, 0.3) is 0 Å². The zero-order chi connectivity index (χ0) is 12.7. The van der Waals surface area contributed by atoms with Crippen LogP contribution in [-0.2, 0) is 22.5 Å². The summed E-state index contributed by atoms with van der Waals surface area (Å²) in [5, 5.41) is 2.77. The topological polar surface area (TPSA) is 77.2 Å². The number of hydrogen-bond acceptors (Lipinski definition) is 4. The molecule has 1 amide bonds. The fourth-order valence-corrected chi connectivity index (χ4v) is 1.55. The van der Waals surface area contributed by atoms with Crippen molar-refractivity contribution in [3.8, 4) is 0 Å². The standard InChI is InChI=1S/C12H19N3O2/c1-3-9-5-4-6-14-10(9)8-15-12(16)11(7-13)17-2/h4-6,11H,3,7-8,13H2,1-2H3,(H,15,16). The van der Waals surface area contributed by atoms with Gasteiger partial charge in [0.1, 0.15) is 6.10 Å². The van der Waals surface area contributed by atoms with Gasteiger partial charge in [0.25, 0.3) is 5.91 Å². The highest BCUT2D eigenvalue weighted by Crippen LogP contribution is 2.05. The lowest BCUT2D eigenvalue weighted by Gasteiger charge is -2.13. The smallest absolute Gasteiger partial charge is 0.250 e. The molecule has 1 atom stereocenters. The lowest BCUT2D eigenvalue weighted by Crippen LogP contribution is -2.40. The summed E-state index contributed by atoms with van der Waals surface area (Å²) in [6.45, 7) is 2.63. The Morgan fingerprint density at radius 2 is 2.41 bits per heavy atom. The van der Waals surface area contributed by atoms with Crippen LogP contribution >= 0.6 is 0 Å². The molecule has 17 heavy (non-hydrogen) atoms. The number of rotatable bonds is 6. The van der Waals surface area contributed by atoms with Gasteiger partial charge in [0.15, 0.2) is 0 Å². The number of aromatic nitrogens is 1. The van der Waals surface area contributed by atoms with E-state index in [2.05, 4.69) is 17.2 Å². The molecule has 0 saturated carbocycles. The largest absolute Gasteiger partial charge is 0.370 e. The first-order valence-corrected chi connectivity index (χ1v) is 5.66. The van der Waals surface area contributed by atoms with Crippen molar-refractivity contribution >= 4 is 5.91 Å². The predicted octanol–water partition coefficient (Wildman–Crippen LogP) is 0.234. The molecule has 0 spiro atoms. The van der Waals surface area contributed by atoms with Crippen LogP contribution in [0.4, 0.5) is 0 Å². The molecular formula is C12H19N3O2. The van der Waals surface area contributed by atoms with Gasteiger partial charge in [-0.3, -0.25) is 9.78 Å². The molecule has 3 N–H and O–H groups in total. The molecule has 0 aliphatic carbocycles. The molecule has 0 saturated heterocycles. The normalized spacial score (nSPS) is 12.2. The Bertz CT molecular complexity index is 365. The number of nitrogens with zero attached hydrogens (tertiary/aromatic N) is 1. The summed E-state index contributed by atoms with van der Waals surface area (Å²) in [6.07, 6.45) is 2.02. The second-order valence-electron chi connectivity index (χ2n) is 3.64. The molecule has 0 aliphatic heterocycles. The number of ether oxygens (including phenoxy) is 1. The molecule has 0 bridgehead atoms. The number of pyridine rings is 1. The number of carbonyl (C=O) groups is 1. The van der Waals surface area contributed by atoms with E-state index in [4.69, 9.17) is 10.5 Å². The van der Waals surface area contributed by atoms with Gasteiger partial charge in [0.2, 0.25) is 0 Å². The molecule has 0 aliphatic rings. The van der Waals surface area contributed by atoms with Crippen molar-refractivity contribution in [1.29, 1.82) is 0 Å². The van der Waals surface area contributed by atoms with Gasteiger partial charge in [0, 0.05) is 19.9 Å². The van der Waals surface area contributed by atoms with Crippen molar-refractivity contribution in [2.75, 3.05) is 13.7 Å². The van der Waals surface area contributed by atoms with Crippen molar-refractivity contribution in [1.82, 2.24) is 10.3 Å². The van der Waals surface area contributed by atoms with Gasteiger partial charge in [-0.2, -0.15) is 0 Å². The number of methoxy groups -OCH3 is 1. The average Bonchev–Trinajstić information content (AvgIpc) is 2.38. The summed E-state index contributed by atoms with van der Waals surface area (Å²) >= 11 is 0. The minimum absolute atomic E-state index is 0.172. The third kappa shape index (κ3) is 3.80. The molecule has 5 heteroatoms. The Morgan fingerprint density at radius 3 is 3.00 bits per heavy atom. The van der Waals surface area contributed by atoms with Gasteiger partial charge >= 0.3 is 0 Å². The molecule has 1 unspecified atom stereocenters. The van der Waals surface area contributed by atoms with Gasteiger partial charge in [0.05, 0.1) is 12.2 Å². The minimum Gasteiger partial charge on any atom is -0.370 e. The van der Waals surface area contributed by atoms with E-state index >= 15 is 0 Å². The monoisotopic (exact) mass is 237 g/mol. The lowest BCUT2D eigenvalue weighted by molar-refractivity contribution is -0.130. The van der Waals surface area contributed by atoms with Crippen molar-refractivity contribution < 1.29 is 9.53 Å². The zero-order valence-electron chi connectivity index (χ0n) is 10.3. The summed E-state index contributed by atoms with van der Waals surface area (Å²) in [7, 11) is 1.47. The molecular weight excluding hydrogens is 218 g/mol. The summed E-state index contributed by atoms with van der Waals surface area (Å²) in [5.74, 6) is -0.206. The van der Waals surface area contributed by atoms with E-state index < -0.39 is 6.10 Å². The van der Waals surface area contributed by atoms with Crippen LogP contribution in [0.1, 0.15) is 18.2 Å². The molecule has 1 rings (SSSR count). The average molecular weight is 237 g/mol. The number of carbonyl (C=O) groups excluding carboxylic acids is 1. The van der Waals surface area contributed by atoms with E-state index in [9.17, 15) is 4.79 Å². The Balaban J connectivity index is 2.58. The Hall–Kier alpha value is -1.46. The van der Waals surface area contributed by atoms with E-state index in [0.29, 0.717) is 6.54 Å². The van der Waals surface area contributed by atoms with Crippen molar-refractivity contribution in [2.45, 2.75) is 26.0 Å². The van der Waals surface area contributed by atoms with Crippen molar-refractivity contribution in [2.24, 2.45) is 5.73 Å². The third-order valence-corrected chi connectivity index (χ3v) is 2.59. The fraction of sp³-hybridized carbons (Fsp3) is 0.500. The Kier molecular flexibility index (Phi) is 5.59. The highest BCUT2D eigenvalue weighted by Gasteiger charge is 2.15.